The number of benzene rings is 2. The summed E-state index contributed by atoms with van der Waals surface area (Å²) in [5.74, 6) is -2.41. The number of esters is 1. The number of nitrogens with one attached hydrogen (secondary N) is 1. The molecule has 0 saturated carbocycles. The minimum absolute atomic E-state index is 0.197. The first-order chi connectivity index (χ1) is 11.8. The number of hydrogen-bond donors (Lipinski definition) is 1. The Labute approximate surface area is 151 Å². The maximum Gasteiger partial charge on any atom is 0.331 e. The van der Waals surface area contributed by atoms with E-state index in [4.69, 9.17) is 4.74 Å². The van der Waals surface area contributed by atoms with Crippen LogP contribution < -0.4 is 5.32 Å². The fraction of sp³-hybridized carbons (Fsp3) is 0.111. The van der Waals surface area contributed by atoms with Gasteiger partial charge in [-0.2, -0.15) is 0 Å². The Bertz CT molecular complexity index is 824. The van der Waals surface area contributed by atoms with E-state index in [9.17, 15) is 18.4 Å². The fourth-order valence-corrected chi connectivity index (χ4v) is 2.26. The lowest BCUT2D eigenvalue weighted by atomic mass is 10.2. The Hall–Kier alpha value is -2.54. The number of halogens is 3. The van der Waals surface area contributed by atoms with Gasteiger partial charge in [0.2, 0.25) is 0 Å². The summed E-state index contributed by atoms with van der Waals surface area (Å²) in [5, 5.41) is 2.43. The zero-order valence-electron chi connectivity index (χ0n) is 13.1. The summed E-state index contributed by atoms with van der Waals surface area (Å²) in [7, 11) is 0. The minimum Gasteiger partial charge on any atom is -0.449 e. The second-order valence-electron chi connectivity index (χ2n) is 5.08. The van der Waals surface area contributed by atoms with Crippen molar-refractivity contribution >= 4 is 39.6 Å². The molecule has 0 heterocycles. The smallest absolute Gasteiger partial charge is 0.331 e. The summed E-state index contributed by atoms with van der Waals surface area (Å²) in [4.78, 5) is 23.7. The molecule has 0 unspecified atom stereocenters. The van der Waals surface area contributed by atoms with Crippen molar-refractivity contribution in [2.75, 3.05) is 5.32 Å². The molecule has 1 amide bonds. The highest BCUT2D eigenvalue weighted by atomic mass is 79.9. The molecule has 0 aliphatic rings. The molecule has 0 aromatic heterocycles. The van der Waals surface area contributed by atoms with Gasteiger partial charge in [-0.15, -0.1) is 0 Å². The van der Waals surface area contributed by atoms with Crippen LogP contribution in [0.1, 0.15) is 12.5 Å². The maximum absolute atomic E-state index is 13.6. The normalized spacial score (nSPS) is 12.0. The lowest BCUT2D eigenvalue weighted by Gasteiger charge is -2.12. The molecule has 2 rings (SSSR count). The Morgan fingerprint density at radius 3 is 2.68 bits per heavy atom. The molecule has 4 nitrogen and oxygen atoms in total. The van der Waals surface area contributed by atoms with Gasteiger partial charge < -0.3 is 10.1 Å². The third-order valence-electron chi connectivity index (χ3n) is 3.11. The predicted octanol–water partition coefficient (Wildman–Crippen LogP) is 4.31. The SMILES string of the molecule is C[C@@H](OC(=O)/C=C/c1cc(Br)ccc1F)C(=O)Nc1cccc(F)c1. The van der Waals surface area contributed by atoms with Gasteiger partial charge in [0.25, 0.3) is 5.91 Å². The minimum atomic E-state index is -1.10. The molecule has 2 aromatic carbocycles. The van der Waals surface area contributed by atoms with Crippen LogP contribution in [0.2, 0.25) is 0 Å². The van der Waals surface area contributed by atoms with Crippen LogP contribution in [-0.4, -0.2) is 18.0 Å². The van der Waals surface area contributed by atoms with Gasteiger partial charge in [-0.3, -0.25) is 4.79 Å². The van der Waals surface area contributed by atoms with Gasteiger partial charge in [-0.1, -0.05) is 22.0 Å². The van der Waals surface area contributed by atoms with E-state index >= 15 is 0 Å². The molecule has 2 aromatic rings. The highest BCUT2D eigenvalue weighted by Crippen LogP contribution is 2.17. The molecule has 1 N–H and O–H groups in total. The van der Waals surface area contributed by atoms with Crippen LogP contribution in [0.25, 0.3) is 6.08 Å². The highest BCUT2D eigenvalue weighted by Gasteiger charge is 2.17. The number of amides is 1. The van der Waals surface area contributed by atoms with E-state index < -0.39 is 29.6 Å². The quantitative estimate of drug-likeness (QED) is 0.591. The van der Waals surface area contributed by atoms with Crippen LogP contribution in [0, 0.1) is 11.6 Å². The third kappa shape index (κ3) is 5.79. The zero-order chi connectivity index (χ0) is 18.4. The Kier molecular flexibility index (Phi) is 6.41. The second-order valence-corrected chi connectivity index (χ2v) is 5.99. The van der Waals surface area contributed by atoms with Gasteiger partial charge in [0.1, 0.15) is 11.6 Å². The molecule has 0 aliphatic heterocycles. The van der Waals surface area contributed by atoms with Crippen LogP contribution in [-0.2, 0) is 14.3 Å². The van der Waals surface area contributed by atoms with Crippen molar-refractivity contribution in [1.82, 2.24) is 0 Å². The molecule has 0 aliphatic carbocycles. The van der Waals surface area contributed by atoms with Crippen LogP contribution in [0.5, 0.6) is 0 Å². The molecule has 0 bridgehead atoms. The van der Waals surface area contributed by atoms with E-state index in [1.807, 2.05) is 0 Å². The molecular weight excluding hydrogens is 396 g/mol. The highest BCUT2D eigenvalue weighted by molar-refractivity contribution is 9.10. The van der Waals surface area contributed by atoms with Gasteiger partial charge >= 0.3 is 5.97 Å². The van der Waals surface area contributed by atoms with Crippen molar-refractivity contribution < 1.29 is 23.1 Å². The average molecular weight is 410 g/mol. The second kappa shape index (κ2) is 8.53. The lowest BCUT2D eigenvalue weighted by molar-refractivity contribution is -0.148. The van der Waals surface area contributed by atoms with Gasteiger partial charge in [0.15, 0.2) is 6.10 Å². The number of hydrogen-bond acceptors (Lipinski definition) is 3. The summed E-state index contributed by atoms with van der Waals surface area (Å²) in [6.45, 7) is 1.38. The monoisotopic (exact) mass is 409 g/mol. The first-order valence-corrected chi connectivity index (χ1v) is 8.04. The molecule has 0 spiro atoms. The number of carbonyl (C=O) groups excluding carboxylic acids is 2. The Morgan fingerprint density at radius 2 is 1.96 bits per heavy atom. The summed E-state index contributed by atoms with van der Waals surface area (Å²) >= 11 is 3.20. The van der Waals surface area contributed by atoms with Crippen molar-refractivity contribution in [2.45, 2.75) is 13.0 Å². The summed E-state index contributed by atoms with van der Waals surface area (Å²) in [6.07, 6.45) is 1.17. The zero-order valence-corrected chi connectivity index (χ0v) is 14.7. The molecule has 0 saturated heterocycles. The third-order valence-corrected chi connectivity index (χ3v) is 3.60. The Morgan fingerprint density at radius 1 is 1.20 bits per heavy atom. The molecule has 25 heavy (non-hydrogen) atoms. The number of anilines is 1. The Balaban J connectivity index is 1.94. The first kappa shape index (κ1) is 18.8. The number of carbonyl (C=O) groups is 2. The molecular formula is C18H14BrF2NO3. The van der Waals surface area contributed by atoms with E-state index in [2.05, 4.69) is 21.2 Å². The standard InChI is InChI=1S/C18H14BrF2NO3/c1-11(18(24)22-15-4-2-3-14(20)10-15)25-17(23)8-5-12-9-13(19)6-7-16(12)21/h2-11H,1H3,(H,22,24)/b8-5+/t11-/m1/s1. The van der Waals surface area contributed by atoms with Crippen LogP contribution in [0.15, 0.2) is 53.0 Å². The van der Waals surface area contributed by atoms with Crippen molar-refractivity contribution in [3.63, 3.8) is 0 Å². The molecule has 7 heteroatoms. The van der Waals surface area contributed by atoms with E-state index in [1.54, 1.807) is 0 Å². The molecule has 0 radical (unpaired) electrons. The van der Waals surface area contributed by atoms with Crippen LogP contribution in [0.3, 0.4) is 0 Å². The van der Waals surface area contributed by atoms with Gasteiger partial charge in [0.05, 0.1) is 0 Å². The molecule has 0 fully saturated rings. The largest absolute Gasteiger partial charge is 0.449 e. The fourth-order valence-electron chi connectivity index (χ4n) is 1.88. The van der Waals surface area contributed by atoms with Crippen molar-refractivity contribution in [1.29, 1.82) is 0 Å². The van der Waals surface area contributed by atoms with E-state index in [1.165, 1.54) is 49.4 Å². The van der Waals surface area contributed by atoms with Gasteiger partial charge in [-0.25, -0.2) is 13.6 Å². The van der Waals surface area contributed by atoms with Crippen molar-refractivity contribution in [3.05, 3.63) is 70.2 Å². The maximum atomic E-state index is 13.6. The summed E-state index contributed by atoms with van der Waals surface area (Å²) in [5.41, 5.74) is 0.447. The predicted molar refractivity (Wildman–Crippen MR) is 93.7 cm³/mol. The topological polar surface area (TPSA) is 55.4 Å². The summed E-state index contributed by atoms with van der Waals surface area (Å²) < 4.78 is 32.2. The van der Waals surface area contributed by atoms with E-state index in [0.29, 0.717) is 4.47 Å². The van der Waals surface area contributed by atoms with E-state index in [-0.39, 0.29) is 11.3 Å². The lowest BCUT2D eigenvalue weighted by Crippen LogP contribution is -2.29. The van der Waals surface area contributed by atoms with Gasteiger partial charge in [0, 0.05) is 21.8 Å². The van der Waals surface area contributed by atoms with Crippen LogP contribution >= 0.6 is 15.9 Å². The number of rotatable bonds is 5. The molecule has 1 atom stereocenters. The first-order valence-electron chi connectivity index (χ1n) is 7.25. The molecule has 130 valence electrons. The van der Waals surface area contributed by atoms with Crippen molar-refractivity contribution in [2.24, 2.45) is 0 Å². The van der Waals surface area contributed by atoms with E-state index in [0.717, 1.165) is 12.1 Å². The van der Waals surface area contributed by atoms with Gasteiger partial charge in [-0.05, 0) is 49.4 Å². The van der Waals surface area contributed by atoms with Crippen molar-refractivity contribution in [3.8, 4) is 0 Å². The average Bonchev–Trinajstić information content (AvgIpc) is 2.55. The summed E-state index contributed by atoms with van der Waals surface area (Å²) in [6, 6.07) is 9.61. The number of ether oxygens (including phenoxy) is 1. The van der Waals surface area contributed by atoms with Crippen LogP contribution in [0.4, 0.5) is 14.5 Å².